The quantitative estimate of drug-likeness (QED) is 0.846. The van der Waals surface area contributed by atoms with Gasteiger partial charge < -0.3 is 5.32 Å². The molecule has 0 aromatic heterocycles. The zero-order chi connectivity index (χ0) is 14.0. The van der Waals surface area contributed by atoms with Crippen molar-refractivity contribution in [3.8, 4) is 0 Å². The number of benzene rings is 1. The van der Waals surface area contributed by atoms with Gasteiger partial charge in [0, 0.05) is 6.54 Å². The number of amides is 1. The van der Waals surface area contributed by atoms with E-state index in [9.17, 15) is 18.0 Å². The Labute approximate surface area is 113 Å². The molecule has 0 radical (unpaired) electrons. The molecule has 1 aliphatic rings. The Morgan fingerprint density at radius 3 is 2.53 bits per heavy atom. The molecule has 1 unspecified atom stereocenters. The lowest BCUT2D eigenvalue weighted by atomic mass is 10.1. The normalized spacial score (nSPS) is 20.4. The topological polar surface area (TPSA) is 32.3 Å². The zero-order valence-corrected chi connectivity index (χ0v) is 10.6. The lowest BCUT2D eigenvalue weighted by Gasteiger charge is -2.34. The second kappa shape index (κ2) is 5.16. The molecule has 102 valence electrons. The van der Waals surface area contributed by atoms with Crippen LogP contribution < -0.4 is 5.32 Å². The summed E-state index contributed by atoms with van der Waals surface area (Å²) in [4.78, 5) is 12.8. The SMILES string of the molecule is O=C1C(C(F)(F)F)CNC(=S)N1Cc1ccccc1. The number of rotatable bonds is 2. The van der Waals surface area contributed by atoms with Crippen molar-refractivity contribution in [2.24, 2.45) is 5.92 Å². The van der Waals surface area contributed by atoms with E-state index in [4.69, 9.17) is 12.2 Å². The molecule has 1 N–H and O–H groups in total. The summed E-state index contributed by atoms with van der Waals surface area (Å²) in [7, 11) is 0. The van der Waals surface area contributed by atoms with Crippen molar-refractivity contribution < 1.29 is 18.0 Å². The third-order valence-electron chi connectivity index (χ3n) is 2.85. The lowest BCUT2D eigenvalue weighted by molar-refractivity contribution is -0.187. The van der Waals surface area contributed by atoms with Crippen molar-refractivity contribution in [1.29, 1.82) is 0 Å². The number of hydrogen-bond acceptors (Lipinski definition) is 2. The first-order valence-corrected chi connectivity index (χ1v) is 6.00. The molecule has 2 rings (SSSR count). The Balaban J connectivity index is 2.18. The first-order chi connectivity index (χ1) is 8.89. The molecule has 1 heterocycles. The fourth-order valence-electron chi connectivity index (χ4n) is 1.83. The molecule has 0 bridgehead atoms. The standard InChI is InChI=1S/C12H11F3N2OS/c13-12(14,15)9-6-16-11(19)17(10(9)18)7-8-4-2-1-3-5-8/h1-5,9H,6-7H2,(H,16,19). The van der Waals surface area contributed by atoms with E-state index in [1.165, 1.54) is 0 Å². The maximum atomic E-state index is 12.7. The summed E-state index contributed by atoms with van der Waals surface area (Å²) in [6.45, 7) is -0.454. The Hall–Kier alpha value is -1.63. The van der Waals surface area contributed by atoms with Gasteiger partial charge in [-0.25, -0.2) is 0 Å². The van der Waals surface area contributed by atoms with Crippen LogP contribution in [0.2, 0.25) is 0 Å². The van der Waals surface area contributed by atoms with Crippen LogP contribution in [0, 0.1) is 5.92 Å². The third kappa shape index (κ3) is 3.04. The summed E-state index contributed by atoms with van der Waals surface area (Å²) >= 11 is 4.91. The first-order valence-electron chi connectivity index (χ1n) is 5.59. The number of alkyl halides is 3. The minimum Gasteiger partial charge on any atom is -0.361 e. The number of thiocarbonyl (C=S) groups is 1. The number of hydrogen-bond donors (Lipinski definition) is 1. The second-order valence-electron chi connectivity index (χ2n) is 4.19. The van der Waals surface area contributed by atoms with Gasteiger partial charge in [0.2, 0.25) is 5.91 Å². The van der Waals surface area contributed by atoms with E-state index in [2.05, 4.69) is 5.32 Å². The third-order valence-corrected chi connectivity index (χ3v) is 3.21. The van der Waals surface area contributed by atoms with Gasteiger partial charge in [0.05, 0.1) is 6.54 Å². The first kappa shape index (κ1) is 13.8. The van der Waals surface area contributed by atoms with Gasteiger partial charge in [-0.2, -0.15) is 13.2 Å². The molecule has 1 aromatic carbocycles. The smallest absolute Gasteiger partial charge is 0.361 e. The Morgan fingerprint density at radius 2 is 1.95 bits per heavy atom. The molecule has 1 fully saturated rings. The predicted molar refractivity (Wildman–Crippen MR) is 67.1 cm³/mol. The molecule has 1 saturated heterocycles. The van der Waals surface area contributed by atoms with E-state index < -0.39 is 24.5 Å². The zero-order valence-electron chi connectivity index (χ0n) is 9.78. The summed E-state index contributed by atoms with van der Waals surface area (Å²) in [5.74, 6) is -3.04. The van der Waals surface area contributed by atoms with E-state index in [1.807, 2.05) is 0 Å². The highest BCUT2D eigenvalue weighted by Gasteiger charge is 2.49. The van der Waals surface area contributed by atoms with Crippen LogP contribution in [-0.2, 0) is 11.3 Å². The number of carbonyl (C=O) groups excluding carboxylic acids is 1. The van der Waals surface area contributed by atoms with E-state index in [1.54, 1.807) is 30.3 Å². The summed E-state index contributed by atoms with van der Waals surface area (Å²) in [5.41, 5.74) is 0.725. The molecule has 1 aromatic rings. The Bertz CT molecular complexity index is 489. The molecule has 1 atom stereocenters. The Morgan fingerprint density at radius 1 is 1.32 bits per heavy atom. The summed E-state index contributed by atoms with van der Waals surface area (Å²) in [6, 6.07) is 8.75. The molecule has 1 aliphatic heterocycles. The maximum Gasteiger partial charge on any atom is 0.402 e. The van der Waals surface area contributed by atoms with Crippen molar-refractivity contribution in [2.75, 3.05) is 6.54 Å². The summed E-state index contributed by atoms with van der Waals surface area (Å²) in [6.07, 6.45) is -4.56. The average Bonchev–Trinajstić information content (AvgIpc) is 2.34. The van der Waals surface area contributed by atoms with Gasteiger partial charge in [-0.1, -0.05) is 30.3 Å². The van der Waals surface area contributed by atoms with Crippen molar-refractivity contribution in [3.05, 3.63) is 35.9 Å². The fourth-order valence-corrected chi connectivity index (χ4v) is 2.07. The molecule has 3 nitrogen and oxygen atoms in total. The van der Waals surface area contributed by atoms with E-state index >= 15 is 0 Å². The van der Waals surface area contributed by atoms with Crippen LogP contribution in [0.3, 0.4) is 0 Å². The molecule has 0 aliphatic carbocycles. The van der Waals surface area contributed by atoms with Crippen LogP contribution in [0.5, 0.6) is 0 Å². The molecule has 19 heavy (non-hydrogen) atoms. The van der Waals surface area contributed by atoms with Crippen molar-refractivity contribution in [3.63, 3.8) is 0 Å². The average molecular weight is 288 g/mol. The van der Waals surface area contributed by atoms with Crippen LogP contribution >= 0.6 is 12.2 Å². The molecule has 1 amide bonds. The monoisotopic (exact) mass is 288 g/mol. The van der Waals surface area contributed by atoms with Crippen LogP contribution in [0.1, 0.15) is 5.56 Å². The van der Waals surface area contributed by atoms with E-state index in [-0.39, 0.29) is 11.7 Å². The highest BCUT2D eigenvalue weighted by Crippen LogP contribution is 2.29. The van der Waals surface area contributed by atoms with Gasteiger partial charge in [-0.15, -0.1) is 0 Å². The van der Waals surface area contributed by atoms with E-state index in [0.717, 1.165) is 10.5 Å². The maximum absolute atomic E-state index is 12.7. The molecule has 0 spiro atoms. The highest BCUT2D eigenvalue weighted by atomic mass is 32.1. The Kier molecular flexibility index (Phi) is 3.75. The molecule has 7 heteroatoms. The lowest BCUT2D eigenvalue weighted by Crippen LogP contribution is -2.57. The highest BCUT2D eigenvalue weighted by molar-refractivity contribution is 7.80. The number of halogens is 3. The largest absolute Gasteiger partial charge is 0.402 e. The van der Waals surface area contributed by atoms with Crippen LogP contribution in [0.15, 0.2) is 30.3 Å². The second-order valence-corrected chi connectivity index (χ2v) is 4.58. The number of nitrogens with one attached hydrogen (secondary N) is 1. The van der Waals surface area contributed by atoms with Gasteiger partial charge in [-0.3, -0.25) is 9.69 Å². The van der Waals surface area contributed by atoms with Crippen LogP contribution in [0.25, 0.3) is 0 Å². The van der Waals surface area contributed by atoms with E-state index in [0.29, 0.717) is 0 Å². The van der Waals surface area contributed by atoms with Gasteiger partial charge in [0.25, 0.3) is 0 Å². The van der Waals surface area contributed by atoms with Crippen molar-refractivity contribution in [1.82, 2.24) is 10.2 Å². The van der Waals surface area contributed by atoms with Gasteiger partial charge in [-0.05, 0) is 17.8 Å². The number of nitrogens with zero attached hydrogens (tertiary/aromatic N) is 1. The number of carbonyl (C=O) groups is 1. The van der Waals surface area contributed by atoms with Crippen LogP contribution in [-0.4, -0.2) is 28.6 Å². The van der Waals surface area contributed by atoms with Gasteiger partial charge in [0.15, 0.2) is 11.0 Å². The van der Waals surface area contributed by atoms with Crippen LogP contribution in [0.4, 0.5) is 13.2 Å². The van der Waals surface area contributed by atoms with Crippen molar-refractivity contribution in [2.45, 2.75) is 12.7 Å². The minimum absolute atomic E-state index is 0.0364. The molecular weight excluding hydrogens is 277 g/mol. The molecular formula is C12H11F3N2OS. The summed E-state index contributed by atoms with van der Waals surface area (Å²) < 4.78 is 38.1. The predicted octanol–water partition coefficient (Wildman–Crippen LogP) is 2.08. The van der Waals surface area contributed by atoms with Gasteiger partial charge in [0.1, 0.15) is 0 Å². The minimum atomic E-state index is -4.56. The summed E-state index contributed by atoms with van der Waals surface area (Å²) in [5, 5.41) is 2.49. The van der Waals surface area contributed by atoms with Gasteiger partial charge >= 0.3 is 6.18 Å². The molecule has 0 saturated carbocycles. The fraction of sp³-hybridized carbons (Fsp3) is 0.333. The van der Waals surface area contributed by atoms with Crippen molar-refractivity contribution >= 4 is 23.2 Å².